The summed E-state index contributed by atoms with van der Waals surface area (Å²) >= 11 is 0. The van der Waals surface area contributed by atoms with Gasteiger partial charge in [0.25, 0.3) is 5.91 Å². The number of hydrogen-bond donors (Lipinski definition) is 2. The number of benzene rings is 2. The minimum Gasteiger partial charge on any atom is -0.459 e. The van der Waals surface area contributed by atoms with Crippen LogP contribution in [-0.2, 0) is 11.2 Å². The number of hydrogen-bond acceptors (Lipinski definition) is 4. The third kappa shape index (κ3) is 3.69. The van der Waals surface area contributed by atoms with Crippen molar-refractivity contribution in [1.29, 1.82) is 0 Å². The second-order valence-corrected chi connectivity index (χ2v) is 6.29. The molecule has 0 unspecified atom stereocenters. The van der Waals surface area contributed by atoms with E-state index in [0.717, 1.165) is 17.8 Å². The van der Waals surface area contributed by atoms with Crippen LogP contribution in [0.3, 0.4) is 0 Å². The van der Waals surface area contributed by atoms with Gasteiger partial charge in [-0.05, 0) is 48.4 Å². The molecule has 0 saturated heterocycles. The molecule has 136 valence electrons. The summed E-state index contributed by atoms with van der Waals surface area (Å²) < 4.78 is 5.08. The fourth-order valence-electron chi connectivity index (χ4n) is 3.18. The van der Waals surface area contributed by atoms with Gasteiger partial charge in [0.1, 0.15) is 0 Å². The lowest BCUT2D eigenvalue weighted by molar-refractivity contribution is -0.116. The summed E-state index contributed by atoms with van der Waals surface area (Å²) in [5, 5.41) is 5.91. The van der Waals surface area contributed by atoms with Crippen molar-refractivity contribution in [3.05, 3.63) is 78.3 Å². The van der Waals surface area contributed by atoms with Crippen molar-refractivity contribution in [2.45, 2.75) is 6.42 Å². The molecule has 0 fully saturated rings. The first-order valence-corrected chi connectivity index (χ1v) is 8.78. The first-order chi connectivity index (χ1) is 13.2. The summed E-state index contributed by atoms with van der Waals surface area (Å²) in [6.45, 7) is 0.892. The van der Waals surface area contributed by atoms with Crippen molar-refractivity contribution < 1.29 is 14.0 Å². The Labute approximate surface area is 156 Å². The van der Waals surface area contributed by atoms with E-state index < -0.39 is 0 Å². The summed E-state index contributed by atoms with van der Waals surface area (Å²) in [5.74, 6) is -0.0527. The van der Waals surface area contributed by atoms with Gasteiger partial charge in [-0.3, -0.25) is 9.59 Å². The highest BCUT2D eigenvalue weighted by Crippen LogP contribution is 2.27. The average Bonchev–Trinajstić information content (AvgIpc) is 3.36. The minimum absolute atomic E-state index is 0.0185. The van der Waals surface area contributed by atoms with Gasteiger partial charge in [-0.2, -0.15) is 0 Å². The highest BCUT2D eigenvalue weighted by Gasteiger charge is 2.23. The van der Waals surface area contributed by atoms with E-state index in [1.165, 1.54) is 11.8 Å². The van der Waals surface area contributed by atoms with E-state index >= 15 is 0 Å². The molecule has 2 aromatic carbocycles. The number of carbonyl (C=O) groups is 2. The van der Waals surface area contributed by atoms with E-state index in [1.807, 2.05) is 35.2 Å². The number of rotatable bonds is 5. The van der Waals surface area contributed by atoms with Crippen molar-refractivity contribution in [3.63, 3.8) is 0 Å². The molecule has 0 aliphatic carbocycles. The molecule has 1 aromatic heterocycles. The van der Waals surface area contributed by atoms with Gasteiger partial charge in [-0.1, -0.05) is 24.3 Å². The van der Waals surface area contributed by atoms with Gasteiger partial charge in [-0.15, -0.1) is 0 Å². The first kappa shape index (κ1) is 16.9. The van der Waals surface area contributed by atoms with Crippen LogP contribution in [0, 0.1) is 0 Å². The molecule has 0 spiro atoms. The van der Waals surface area contributed by atoms with Gasteiger partial charge in [0, 0.05) is 23.6 Å². The van der Waals surface area contributed by atoms with Crippen LogP contribution >= 0.6 is 0 Å². The predicted molar refractivity (Wildman–Crippen MR) is 104 cm³/mol. The SMILES string of the molecule is O=C(Nc1cccc(NCC(=O)N2CCc3ccccc32)c1)c1ccco1. The van der Waals surface area contributed by atoms with Crippen LogP contribution in [0.25, 0.3) is 0 Å². The van der Waals surface area contributed by atoms with Gasteiger partial charge < -0.3 is 20.0 Å². The number of amides is 2. The van der Waals surface area contributed by atoms with Crippen LogP contribution in [0.5, 0.6) is 0 Å². The second kappa shape index (κ2) is 7.37. The Morgan fingerprint density at radius 1 is 1.00 bits per heavy atom. The maximum Gasteiger partial charge on any atom is 0.291 e. The van der Waals surface area contributed by atoms with Gasteiger partial charge >= 0.3 is 0 Å². The summed E-state index contributed by atoms with van der Waals surface area (Å²) in [6, 6.07) is 18.5. The van der Waals surface area contributed by atoms with E-state index in [2.05, 4.69) is 16.7 Å². The monoisotopic (exact) mass is 361 g/mol. The topological polar surface area (TPSA) is 74.6 Å². The molecule has 6 nitrogen and oxygen atoms in total. The van der Waals surface area contributed by atoms with Crippen LogP contribution < -0.4 is 15.5 Å². The van der Waals surface area contributed by atoms with E-state index in [9.17, 15) is 9.59 Å². The zero-order valence-corrected chi connectivity index (χ0v) is 14.6. The molecule has 0 bridgehead atoms. The van der Waals surface area contributed by atoms with Gasteiger partial charge in [-0.25, -0.2) is 0 Å². The largest absolute Gasteiger partial charge is 0.459 e. The summed E-state index contributed by atoms with van der Waals surface area (Å²) in [6.07, 6.45) is 2.34. The third-order valence-electron chi connectivity index (χ3n) is 4.50. The van der Waals surface area contributed by atoms with Crippen LogP contribution in [0.4, 0.5) is 17.1 Å². The summed E-state index contributed by atoms with van der Waals surface area (Å²) in [4.78, 5) is 26.4. The van der Waals surface area contributed by atoms with Gasteiger partial charge in [0.05, 0.1) is 12.8 Å². The second-order valence-electron chi connectivity index (χ2n) is 6.29. The van der Waals surface area contributed by atoms with E-state index in [0.29, 0.717) is 12.2 Å². The number of anilines is 3. The van der Waals surface area contributed by atoms with E-state index in [-0.39, 0.29) is 24.1 Å². The molecule has 2 heterocycles. The smallest absolute Gasteiger partial charge is 0.291 e. The Hall–Kier alpha value is -3.54. The zero-order chi connectivity index (χ0) is 18.6. The molecular weight excluding hydrogens is 342 g/mol. The standard InChI is InChI=1S/C21H19N3O3/c25-20(24-11-10-15-5-1-2-8-18(15)24)14-22-16-6-3-7-17(13-16)23-21(26)19-9-4-12-27-19/h1-9,12-13,22H,10-11,14H2,(H,23,26). The van der Waals surface area contributed by atoms with Crippen LogP contribution in [0.2, 0.25) is 0 Å². The lowest BCUT2D eigenvalue weighted by Gasteiger charge is -2.18. The van der Waals surface area contributed by atoms with Crippen molar-refractivity contribution in [2.24, 2.45) is 0 Å². The summed E-state index contributed by atoms with van der Waals surface area (Å²) in [5.41, 5.74) is 3.57. The number of fused-ring (bicyclic) bond motifs is 1. The number of nitrogens with zero attached hydrogens (tertiary/aromatic N) is 1. The lowest BCUT2D eigenvalue weighted by Crippen LogP contribution is -2.34. The Kier molecular flexibility index (Phi) is 4.61. The highest BCUT2D eigenvalue weighted by atomic mass is 16.3. The Balaban J connectivity index is 1.38. The normalized spacial score (nSPS) is 12.5. The van der Waals surface area contributed by atoms with Crippen LogP contribution in [-0.4, -0.2) is 24.9 Å². The molecule has 6 heteroatoms. The molecule has 1 aliphatic rings. The predicted octanol–water partition coefficient (Wildman–Crippen LogP) is 3.53. The first-order valence-electron chi connectivity index (χ1n) is 8.78. The van der Waals surface area contributed by atoms with Crippen molar-refractivity contribution in [1.82, 2.24) is 0 Å². The van der Waals surface area contributed by atoms with Crippen molar-refractivity contribution in [2.75, 3.05) is 28.6 Å². The van der Waals surface area contributed by atoms with Crippen LogP contribution in [0.1, 0.15) is 16.1 Å². The molecule has 0 radical (unpaired) electrons. The number of nitrogens with one attached hydrogen (secondary N) is 2. The van der Waals surface area contributed by atoms with Crippen molar-refractivity contribution >= 4 is 28.9 Å². The van der Waals surface area contributed by atoms with E-state index in [4.69, 9.17) is 4.42 Å². The Bertz CT molecular complexity index is 966. The molecule has 2 N–H and O–H groups in total. The molecule has 0 saturated carbocycles. The Morgan fingerprint density at radius 2 is 1.85 bits per heavy atom. The average molecular weight is 361 g/mol. The van der Waals surface area contributed by atoms with E-state index in [1.54, 1.807) is 24.3 Å². The third-order valence-corrected chi connectivity index (χ3v) is 4.50. The molecule has 1 aliphatic heterocycles. The molecule has 3 aromatic rings. The molecule has 0 atom stereocenters. The summed E-state index contributed by atoms with van der Waals surface area (Å²) in [7, 11) is 0. The fourth-order valence-corrected chi connectivity index (χ4v) is 3.18. The highest BCUT2D eigenvalue weighted by molar-refractivity contribution is 6.02. The van der Waals surface area contributed by atoms with Gasteiger partial charge in [0.2, 0.25) is 5.91 Å². The molecular formula is C21H19N3O3. The van der Waals surface area contributed by atoms with Gasteiger partial charge in [0.15, 0.2) is 5.76 Å². The zero-order valence-electron chi connectivity index (χ0n) is 14.6. The van der Waals surface area contributed by atoms with Crippen molar-refractivity contribution in [3.8, 4) is 0 Å². The number of carbonyl (C=O) groups excluding carboxylic acids is 2. The maximum absolute atomic E-state index is 12.6. The Morgan fingerprint density at radius 3 is 2.70 bits per heavy atom. The fraction of sp³-hybridized carbons (Fsp3) is 0.143. The molecule has 27 heavy (non-hydrogen) atoms. The number of para-hydroxylation sites is 1. The van der Waals surface area contributed by atoms with Crippen LogP contribution in [0.15, 0.2) is 71.3 Å². The molecule has 2 amide bonds. The lowest BCUT2D eigenvalue weighted by atomic mass is 10.2. The maximum atomic E-state index is 12.6. The number of furan rings is 1. The molecule has 4 rings (SSSR count). The minimum atomic E-state index is -0.318. The quantitative estimate of drug-likeness (QED) is 0.729.